The fourth-order valence-corrected chi connectivity index (χ4v) is 2.93. The predicted octanol–water partition coefficient (Wildman–Crippen LogP) is 6.48. The van der Waals surface area contributed by atoms with Crippen LogP contribution in [0.4, 0.5) is 11.4 Å². The highest BCUT2D eigenvalue weighted by molar-refractivity contribution is 5.47. The minimum Gasteiger partial charge on any atom is -0.385 e. The van der Waals surface area contributed by atoms with E-state index in [9.17, 15) is 0 Å². The van der Waals surface area contributed by atoms with E-state index in [1.165, 1.54) is 61.0 Å². The molecule has 2 nitrogen and oxygen atoms in total. The fraction of sp³-hybridized carbons (Fsp3) is 0.478. The number of nitrogens with one attached hydrogen (secondary N) is 2. The smallest absolute Gasteiger partial charge is 0.0340 e. The molecule has 0 saturated carbocycles. The summed E-state index contributed by atoms with van der Waals surface area (Å²) in [5.41, 5.74) is 5.18. The standard InChI is InChI=1S/C23H34N2/c1-3-5-7-17-24-22-13-9-20(10-14-22)19-21-11-15-23(16-12-21)25-18-8-6-4-2/h9-16,24-25H,3-8,17-19H2,1-2H3. The molecular weight excluding hydrogens is 304 g/mol. The first kappa shape index (κ1) is 19.4. The van der Waals surface area contributed by atoms with Crippen molar-refractivity contribution in [1.29, 1.82) is 0 Å². The molecule has 0 fully saturated rings. The molecule has 0 spiro atoms. The molecule has 2 rings (SSSR count). The van der Waals surface area contributed by atoms with Crippen molar-refractivity contribution >= 4 is 11.4 Å². The molecule has 0 aliphatic rings. The summed E-state index contributed by atoms with van der Waals surface area (Å²) < 4.78 is 0. The maximum absolute atomic E-state index is 3.50. The van der Waals surface area contributed by atoms with Crippen LogP contribution in [0.25, 0.3) is 0 Å². The Balaban J connectivity index is 1.77. The molecule has 136 valence electrons. The summed E-state index contributed by atoms with van der Waals surface area (Å²) in [5.74, 6) is 0. The van der Waals surface area contributed by atoms with Crippen LogP contribution >= 0.6 is 0 Å². The van der Waals surface area contributed by atoms with E-state index in [-0.39, 0.29) is 0 Å². The maximum Gasteiger partial charge on any atom is 0.0340 e. The summed E-state index contributed by atoms with van der Waals surface area (Å²) in [5, 5.41) is 7.00. The van der Waals surface area contributed by atoms with Crippen LogP contribution in [0.3, 0.4) is 0 Å². The van der Waals surface area contributed by atoms with Gasteiger partial charge in [-0.1, -0.05) is 63.8 Å². The highest BCUT2D eigenvalue weighted by Gasteiger charge is 1.99. The largest absolute Gasteiger partial charge is 0.385 e. The first-order chi connectivity index (χ1) is 12.3. The lowest BCUT2D eigenvalue weighted by Crippen LogP contribution is -2.01. The lowest BCUT2D eigenvalue weighted by atomic mass is 10.0. The molecule has 0 bridgehead atoms. The van der Waals surface area contributed by atoms with Gasteiger partial charge in [0, 0.05) is 24.5 Å². The van der Waals surface area contributed by atoms with E-state index in [2.05, 4.69) is 73.0 Å². The molecule has 0 saturated heterocycles. The van der Waals surface area contributed by atoms with Gasteiger partial charge in [0.25, 0.3) is 0 Å². The van der Waals surface area contributed by atoms with Crippen LogP contribution in [0, 0.1) is 0 Å². The Hall–Kier alpha value is -1.96. The Morgan fingerprint density at radius 3 is 1.32 bits per heavy atom. The molecular formula is C23H34N2. The lowest BCUT2D eigenvalue weighted by Gasteiger charge is -2.09. The van der Waals surface area contributed by atoms with E-state index in [1.54, 1.807) is 0 Å². The van der Waals surface area contributed by atoms with Crippen LogP contribution < -0.4 is 10.6 Å². The van der Waals surface area contributed by atoms with Crippen molar-refractivity contribution in [2.45, 2.75) is 58.8 Å². The molecule has 2 aromatic rings. The van der Waals surface area contributed by atoms with Gasteiger partial charge in [0.2, 0.25) is 0 Å². The summed E-state index contributed by atoms with van der Waals surface area (Å²) in [4.78, 5) is 0. The number of rotatable bonds is 12. The summed E-state index contributed by atoms with van der Waals surface area (Å²) in [7, 11) is 0. The number of unbranched alkanes of at least 4 members (excludes halogenated alkanes) is 4. The highest BCUT2D eigenvalue weighted by Crippen LogP contribution is 2.16. The van der Waals surface area contributed by atoms with Crippen LogP contribution in [-0.4, -0.2) is 13.1 Å². The van der Waals surface area contributed by atoms with Gasteiger partial charge in [-0.25, -0.2) is 0 Å². The number of hydrogen-bond donors (Lipinski definition) is 2. The van der Waals surface area contributed by atoms with E-state index in [0.29, 0.717) is 0 Å². The normalized spacial score (nSPS) is 10.6. The first-order valence-corrected chi connectivity index (χ1v) is 9.97. The Kier molecular flexibility index (Phi) is 8.96. The monoisotopic (exact) mass is 338 g/mol. The van der Waals surface area contributed by atoms with Crippen LogP contribution in [0.2, 0.25) is 0 Å². The third kappa shape index (κ3) is 7.64. The van der Waals surface area contributed by atoms with Gasteiger partial charge in [0.05, 0.1) is 0 Å². The molecule has 0 radical (unpaired) electrons. The zero-order valence-electron chi connectivity index (χ0n) is 16.0. The summed E-state index contributed by atoms with van der Waals surface area (Å²) in [6, 6.07) is 17.7. The molecule has 25 heavy (non-hydrogen) atoms. The maximum atomic E-state index is 3.50. The van der Waals surface area contributed by atoms with Crippen molar-refractivity contribution in [2.24, 2.45) is 0 Å². The van der Waals surface area contributed by atoms with E-state index < -0.39 is 0 Å². The Morgan fingerprint density at radius 2 is 0.960 bits per heavy atom. The SMILES string of the molecule is CCCCCNc1ccc(Cc2ccc(NCCCCC)cc2)cc1. The molecule has 0 aliphatic heterocycles. The molecule has 0 unspecified atom stereocenters. The summed E-state index contributed by atoms with van der Waals surface area (Å²) >= 11 is 0. The van der Waals surface area contributed by atoms with Gasteiger partial charge in [-0.3, -0.25) is 0 Å². The third-order valence-electron chi connectivity index (χ3n) is 4.54. The zero-order chi connectivity index (χ0) is 17.7. The molecule has 0 aliphatic carbocycles. The number of benzene rings is 2. The first-order valence-electron chi connectivity index (χ1n) is 9.97. The molecule has 2 N–H and O–H groups in total. The topological polar surface area (TPSA) is 24.1 Å². The molecule has 0 amide bonds. The van der Waals surface area contributed by atoms with Gasteiger partial charge in [0.15, 0.2) is 0 Å². The minimum absolute atomic E-state index is 0.992. The van der Waals surface area contributed by atoms with E-state index in [0.717, 1.165) is 19.5 Å². The van der Waals surface area contributed by atoms with E-state index in [4.69, 9.17) is 0 Å². The van der Waals surface area contributed by atoms with Crippen molar-refractivity contribution < 1.29 is 0 Å². The average molecular weight is 339 g/mol. The lowest BCUT2D eigenvalue weighted by molar-refractivity contribution is 0.744. The minimum atomic E-state index is 0.992. The van der Waals surface area contributed by atoms with Gasteiger partial charge < -0.3 is 10.6 Å². The highest BCUT2D eigenvalue weighted by atomic mass is 14.9. The van der Waals surface area contributed by atoms with Gasteiger partial charge in [-0.05, 0) is 54.7 Å². The van der Waals surface area contributed by atoms with Gasteiger partial charge in [-0.2, -0.15) is 0 Å². The fourth-order valence-electron chi connectivity index (χ4n) is 2.93. The Bertz CT molecular complexity index is 519. The van der Waals surface area contributed by atoms with E-state index in [1.807, 2.05) is 0 Å². The van der Waals surface area contributed by atoms with Gasteiger partial charge in [-0.15, -0.1) is 0 Å². The average Bonchev–Trinajstić information content (AvgIpc) is 2.65. The van der Waals surface area contributed by atoms with Crippen LogP contribution in [0.1, 0.15) is 63.5 Å². The molecule has 2 heteroatoms. The molecule has 0 aromatic heterocycles. The van der Waals surface area contributed by atoms with Gasteiger partial charge in [0.1, 0.15) is 0 Å². The van der Waals surface area contributed by atoms with Crippen molar-refractivity contribution in [3.05, 3.63) is 59.7 Å². The molecule has 2 aromatic carbocycles. The van der Waals surface area contributed by atoms with Crippen molar-refractivity contribution in [1.82, 2.24) is 0 Å². The van der Waals surface area contributed by atoms with Gasteiger partial charge >= 0.3 is 0 Å². The molecule has 0 heterocycles. The third-order valence-corrected chi connectivity index (χ3v) is 4.54. The van der Waals surface area contributed by atoms with Crippen LogP contribution in [0.15, 0.2) is 48.5 Å². The summed E-state index contributed by atoms with van der Waals surface area (Å²) in [6.45, 7) is 6.62. The van der Waals surface area contributed by atoms with Crippen molar-refractivity contribution in [3.63, 3.8) is 0 Å². The number of anilines is 2. The molecule has 0 atom stereocenters. The Morgan fingerprint density at radius 1 is 0.560 bits per heavy atom. The number of hydrogen-bond acceptors (Lipinski definition) is 2. The zero-order valence-corrected chi connectivity index (χ0v) is 16.0. The summed E-state index contributed by atoms with van der Waals surface area (Å²) in [6.07, 6.45) is 8.63. The predicted molar refractivity (Wildman–Crippen MR) is 112 cm³/mol. The van der Waals surface area contributed by atoms with Crippen molar-refractivity contribution in [3.8, 4) is 0 Å². The van der Waals surface area contributed by atoms with Crippen LogP contribution in [-0.2, 0) is 6.42 Å². The second-order valence-corrected chi connectivity index (χ2v) is 6.84. The van der Waals surface area contributed by atoms with Crippen LogP contribution in [0.5, 0.6) is 0 Å². The van der Waals surface area contributed by atoms with Crippen molar-refractivity contribution in [2.75, 3.05) is 23.7 Å². The quantitative estimate of drug-likeness (QED) is 0.433. The second-order valence-electron chi connectivity index (χ2n) is 6.84. The second kappa shape index (κ2) is 11.6. The van der Waals surface area contributed by atoms with E-state index >= 15 is 0 Å². The Labute approximate surface area is 154 Å².